The van der Waals surface area contributed by atoms with E-state index in [4.69, 9.17) is 0 Å². The van der Waals surface area contributed by atoms with Gasteiger partial charge >= 0.3 is 0 Å². The second kappa shape index (κ2) is 9.25. The predicted octanol–water partition coefficient (Wildman–Crippen LogP) is 3.64. The molecule has 0 aromatic heterocycles. The topological polar surface area (TPSA) is 60.9 Å². The SMILES string of the molecule is C/C=C/c1ccc([C@H]2[C@H]3CN(S(=O)(=O)c4cccc(C)c4)CCCCN3[C@H]2CO)cc1. The van der Waals surface area contributed by atoms with Crippen molar-refractivity contribution in [2.24, 2.45) is 0 Å². The zero-order chi connectivity index (χ0) is 22.0. The van der Waals surface area contributed by atoms with Crippen molar-refractivity contribution in [3.05, 3.63) is 71.3 Å². The second-order valence-electron chi connectivity index (χ2n) is 8.63. The molecule has 2 aromatic carbocycles. The summed E-state index contributed by atoms with van der Waals surface area (Å²) in [5, 5.41) is 10.1. The van der Waals surface area contributed by atoms with E-state index in [-0.39, 0.29) is 24.6 Å². The summed E-state index contributed by atoms with van der Waals surface area (Å²) in [6.07, 6.45) is 5.83. The number of aliphatic hydroxyl groups excluding tert-OH is 1. The molecule has 1 N–H and O–H groups in total. The van der Waals surface area contributed by atoms with Gasteiger partial charge in [-0.05, 0) is 62.1 Å². The highest BCUT2D eigenvalue weighted by Gasteiger charge is 2.50. The third-order valence-corrected chi connectivity index (χ3v) is 8.50. The van der Waals surface area contributed by atoms with Gasteiger partial charge in [-0.3, -0.25) is 4.90 Å². The van der Waals surface area contributed by atoms with Crippen LogP contribution in [-0.2, 0) is 10.0 Å². The van der Waals surface area contributed by atoms with Gasteiger partial charge < -0.3 is 5.11 Å². The summed E-state index contributed by atoms with van der Waals surface area (Å²) in [5.41, 5.74) is 3.25. The lowest BCUT2D eigenvalue weighted by molar-refractivity contribution is -0.0553. The quantitative estimate of drug-likeness (QED) is 0.771. The molecule has 0 amide bonds. The molecule has 6 heteroatoms. The highest BCUT2D eigenvalue weighted by atomic mass is 32.2. The van der Waals surface area contributed by atoms with Crippen molar-refractivity contribution in [3.63, 3.8) is 0 Å². The van der Waals surface area contributed by atoms with Crippen molar-refractivity contribution in [2.45, 2.75) is 49.6 Å². The molecule has 0 unspecified atom stereocenters. The lowest BCUT2D eigenvalue weighted by Gasteiger charge is -2.57. The molecule has 2 aliphatic rings. The summed E-state index contributed by atoms with van der Waals surface area (Å²) < 4.78 is 28.5. The summed E-state index contributed by atoms with van der Waals surface area (Å²) in [7, 11) is -3.56. The van der Waals surface area contributed by atoms with Crippen LogP contribution in [0.3, 0.4) is 0 Å². The van der Waals surface area contributed by atoms with E-state index < -0.39 is 10.0 Å². The first-order chi connectivity index (χ1) is 15.0. The first kappa shape index (κ1) is 22.2. The van der Waals surface area contributed by atoms with Crippen LogP contribution < -0.4 is 0 Å². The zero-order valence-electron chi connectivity index (χ0n) is 18.3. The van der Waals surface area contributed by atoms with Crippen LogP contribution in [0.2, 0.25) is 0 Å². The molecule has 31 heavy (non-hydrogen) atoms. The maximum absolute atomic E-state index is 13.4. The van der Waals surface area contributed by atoms with Crippen molar-refractivity contribution in [1.29, 1.82) is 0 Å². The van der Waals surface area contributed by atoms with Gasteiger partial charge in [0.25, 0.3) is 0 Å². The van der Waals surface area contributed by atoms with Gasteiger partial charge in [-0.2, -0.15) is 4.31 Å². The van der Waals surface area contributed by atoms with Gasteiger partial charge in [0.05, 0.1) is 11.5 Å². The Kier molecular flexibility index (Phi) is 6.63. The third kappa shape index (κ3) is 4.35. The Morgan fingerprint density at radius 3 is 2.52 bits per heavy atom. The number of aliphatic hydroxyl groups is 1. The Labute approximate surface area is 186 Å². The normalized spacial score (nSPS) is 25.6. The van der Waals surface area contributed by atoms with Crippen LogP contribution >= 0.6 is 0 Å². The average Bonchev–Trinajstić information content (AvgIpc) is 2.74. The van der Waals surface area contributed by atoms with Crippen LogP contribution in [0.25, 0.3) is 6.08 Å². The van der Waals surface area contributed by atoms with Crippen molar-refractivity contribution in [3.8, 4) is 0 Å². The van der Waals surface area contributed by atoms with E-state index >= 15 is 0 Å². The monoisotopic (exact) mass is 440 g/mol. The number of aryl methyl sites for hydroxylation is 1. The minimum atomic E-state index is -3.56. The van der Waals surface area contributed by atoms with Crippen molar-refractivity contribution < 1.29 is 13.5 Å². The average molecular weight is 441 g/mol. The van der Waals surface area contributed by atoms with Crippen LogP contribution in [0.5, 0.6) is 0 Å². The molecular weight excluding hydrogens is 408 g/mol. The molecule has 2 heterocycles. The summed E-state index contributed by atoms with van der Waals surface area (Å²) >= 11 is 0. The van der Waals surface area contributed by atoms with Gasteiger partial charge in [-0.25, -0.2) is 8.42 Å². The zero-order valence-corrected chi connectivity index (χ0v) is 19.1. The van der Waals surface area contributed by atoms with Crippen molar-refractivity contribution in [1.82, 2.24) is 9.21 Å². The predicted molar refractivity (Wildman–Crippen MR) is 124 cm³/mol. The summed E-state index contributed by atoms with van der Waals surface area (Å²) in [4.78, 5) is 2.67. The first-order valence-electron chi connectivity index (χ1n) is 11.1. The summed E-state index contributed by atoms with van der Waals surface area (Å²) in [5.74, 6) is 0.123. The number of nitrogens with zero attached hydrogens (tertiary/aromatic N) is 2. The largest absolute Gasteiger partial charge is 0.395 e. The van der Waals surface area contributed by atoms with Gasteiger partial charge in [0.2, 0.25) is 10.0 Å². The van der Waals surface area contributed by atoms with Gasteiger partial charge in [0.1, 0.15) is 0 Å². The fraction of sp³-hybridized carbons (Fsp3) is 0.440. The molecule has 2 saturated heterocycles. The van der Waals surface area contributed by atoms with Crippen LogP contribution in [0.1, 0.15) is 42.4 Å². The van der Waals surface area contributed by atoms with E-state index in [1.54, 1.807) is 22.5 Å². The molecule has 2 aliphatic heterocycles. The number of sulfonamides is 1. The standard InChI is InChI=1S/C25H32N2O3S/c1-3-7-20-10-12-21(13-11-20)25-23-17-26(14-4-5-15-27(23)24(25)18-28)31(29,30)22-9-6-8-19(2)16-22/h3,6-13,16,23-25,28H,4-5,14-15,17-18H2,1-2H3/b7-3+/t23-,24+,25+/m1/s1. The van der Waals surface area contributed by atoms with Crippen molar-refractivity contribution in [2.75, 3.05) is 26.2 Å². The second-order valence-corrected chi connectivity index (χ2v) is 10.6. The number of hydrogen-bond donors (Lipinski definition) is 1. The van der Waals surface area contributed by atoms with Crippen LogP contribution in [-0.4, -0.2) is 61.1 Å². The number of hydrogen-bond acceptors (Lipinski definition) is 4. The number of rotatable bonds is 5. The summed E-state index contributed by atoms with van der Waals surface area (Å²) in [6.45, 7) is 5.89. The first-order valence-corrected chi connectivity index (χ1v) is 12.6. The molecule has 0 saturated carbocycles. The van der Waals surface area contributed by atoms with E-state index in [1.165, 1.54) is 5.56 Å². The fourth-order valence-corrected chi connectivity index (χ4v) is 6.68. The Morgan fingerprint density at radius 2 is 1.84 bits per heavy atom. The number of allylic oxidation sites excluding steroid dienone is 1. The summed E-state index contributed by atoms with van der Waals surface area (Å²) in [6, 6.07) is 15.7. The van der Waals surface area contributed by atoms with E-state index in [0.29, 0.717) is 18.0 Å². The molecule has 0 radical (unpaired) electrons. The molecule has 2 fully saturated rings. The molecule has 3 atom stereocenters. The fourth-order valence-electron chi connectivity index (χ4n) is 5.07. The highest BCUT2D eigenvalue weighted by Crippen LogP contribution is 2.42. The molecule has 4 rings (SSSR count). The minimum Gasteiger partial charge on any atom is -0.395 e. The number of fused-ring (bicyclic) bond motifs is 1. The van der Waals surface area contributed by atoms with Crippen molar-refractivity contribution >= 4 is 16.1 Å². The van der Waals surface area contributed by atoms with Crippen LogP contribution in [0, 0.1) is 6.92 Å². The molecule has 0 aliphatic carbocycles. The third-order valence-electron chi connectivity index (χ3n) is 6.64. The van der Waals surface area contributed by atoms with E-state index in [2.05, 4.69) is 35.2 Å². The van der Waals surface area contributed by atoms with Gasteiger partial charge in [-0.1, -0.05) is 48.6 Å². The Bertz CT molecular complexity index is 1030. The van der Waals surface area contributed by atoms with E-state index in [9.17, 15) is 13.5 Å². The lowest BCUT2D eigenvalue weighted by Crippen LogP contribution is -2.67. The van der Waals surface area contributed by atoms with Gasteiger partial charge in [0, 0.05) is 31.1 Å². The van der Waals surface area contributed by atoms with Crippen LogP contribution in [0.4, 0.5) is 0 Å². The molecule has 2 aromatic rings. The lowest BCUT2D eigenvalue weighted by atomic mass is 9.74. The smallest absolute Gasteiger partial charge is 0.243 e. The van der Waals surface area contributed by atoms with Crippen LogP contribution in [0.15, 0.2) is 59.5 Å². The minimum absolute atomic E-state index is 0.0409. The van der Waals surface area contributed by atoms with E-state index in [1.807, 2.05) is 26.0 Å². The maximum Gasteiger partial charge on any atom is 0.243 e. The van der Waals surface area contributed by atoms with E-state index in [0.717, 1.165) is 30.5 Å². The maximum atomic E-state index is 13.4. The molecule has 166 valence electrons. The Morgan fingerprint density at radius 1 is 1.10 bits per heavy atom. The molecule has 0 bridgehead atoms. The molecular formula is C25H32N2O3S. The Hall–Kier alpha value is -1.99. The molecule has 0 spiro atoms. The van der Waals surface area contributed by atoms with Gasteiger partial charge in [0.15, 0.2) is 0 Å². The molecule has 5 nitrogen and oxygen atoms in total. The highest BCUT2D eigenvalue weighted by molar-refractivity contribution is 7.89. The number of benzene rings is 2. The van der Waals surface area contributed by atoms with Gasteiger partial charge in [-0.15, -0.1) is 0 Å². The Balaban J connectivity index is 1.63.